The van der Waals surface area contributed by atoms with E-state index in [9.17, 15) is 18.0 Å². The van der Waals surface area contributed by atoms with Crippen LogP contribution in [0.25, 0.3) is 0 Å². The Morgan fingerprint density at radius 1 is 1.07 bits per heavy atom. The van der Waals surface area contributed by atoms with Crippen LogP contribution in [-0.2, 0) is 17.8 Å². The number of carbonyl (C=O) groups is 1. The molecule has 0 bridgehead atoms. The lowest BCUT2D eigenvalue weighted by Crippen LogP contribution is -2.41. The van der Waals surface area contributed by atoms with Crippen molar-refractivity contribution in [2.75, 3.05) is 18.9 Å². The molecule has 3 N–H and O–H groups in total. The zero-order chi connectivity index (χ0) is 19.1. The summed E-state index contributed by atoms with van der Waals surface area (Å²) in [6.45, 7) is 2.41. The fourth-order valence-electron chi connectivity index (χ4n) is 2.08. The van der Waals surface area contributed by atoms with Gasteiger partial charge in [0.05, 0.1) is 18.8 Å². The Balaban J connectivity index is 0.00000364. The molecule has 2 aromatic rings. The second-order valence-corrected chi connectivity index (χ2v) is 6.52. The Bertz CT molecular complexity index is 813. The average molecular weight is 512 g/mol. The minimum atomic E-state index is -1.63. The first-order valence-corrected chi connectivity index (χ1v) is 8.71. The molecule has 148 valence electrons. The molecule has 2 rings (SSSR count). The molecule has 27 heavy (non-hydrogen) atoms. The van der Waals surface area contributed by atoms with E-state index in [1.807, 2.05) is 6.07 Å². The molecule has 0 atom stereocenters. The SMILES string of the molecule is CCc1ccc(CNC(=NC)NCC(=O)Nc2ccc(F)c(F)c2F)s1.I. The topological polar surface area (TPSA) is 65.5 Å². The number of carbonyl (C=O) groups excluding carboxylic acids is 1. The minimum Gasteiger partial charge on any atom is -0.352 e. The van der Waals surface area contributed by atoms with Crippen LogP contribution in [0.5, 0.6) is 0 Å². The molecule has 0 aliphatic rings. The molecule has 0 saturated heterocycles. The lowest BCUT2D eigenvalue weighted by atomic mass is 10.2. The first kappa shape index (κ1) is 23.2. The highest BCUT2D eigenvalue weighted by atomic mass is 127. The predicted molar refractivity (Wildman–Crippen MR) is 112 cm³/mol. The molecular formula is C17H20F3IN4OS. The highest BCUT2D eigenvalue weighted by Gasteiger charge is 2.15. The zero-order valence-corrected chi connectivity index (χ0v) is 17.9. The van der Waals surface area contributed by atoms with Crippen molar-refractivity contribution in [2.45, 2.75) is 19.9 Å². The largest absolute Gasteiger partial charge is 0.352 e. The Labute approximate surface area is 176 Å². The van der Waals surface area contributed by atoms with Gasteiger partial charge in [0, 0.05) is 16.8 Å². The monoisotopic (exact) mass is 512 g/mol. The van der Waals surface area contributed by atoms with Gasteiger partial charge in [0.15, 0.2) is 23.4 Å². The maximum absolute atomic E-state index is 13.5. The Morgan fingerprint density at radius 3 is 2.41 bits per heavy atom. The minimum absolute atomic E-state index is 0. The molecule has 0 unspecified atom stereocenters. The first-order valence-electron chi connectivity index (χ1n) is 7.90. The molecule has 1 aromatic heterocycles. The van der Waals surface area contributed by atoms with Gasteiger partial charge in [-0.3, -0.25) is 9.79 Å². The number of aryl methyl sites for hydroxylation is 1. The molecule has 0 aliphatic heterocycles. The Hall–Kier alpha value is -1.82. The number of halogens is 4. The van der Waals surface area contributed by atoms with E-state index in [2.05, 4.69) is 33.9 Å². The van der Waals surface area contributed by atoms with E-state index in [0.717, 1.165) is 23.4 Å². The van der Waals surface area contributed by atoms with Crippen molar-refractivity contribution in [3.63, 3.8) is 0 Å². The van der Waals surface area contributed by atoms with Crippen molar-refractivity contribution >= 4 is 52.9 Å². The van der Waals surface area contributed by atoms with Crippen LogP contribution in [0.2, 0.25) is 0 Å². The lowest BCUT2D eigenvalue weighted by molar-refractivity contribution is -0.115. The molecule has 5 nitrogen and oxygen atoms in total. The van der Waals surface area contributed by atoms with Gasteiger partial charge in [-0.05, 0) is 30.7 Å². The maximum Gasteiger partial charge on any atom is 0.243 e. The number of benzene rings is 1. The third-order valence-electron chi connectivity index (χ3n) is 3.45. The number of guanidine groups is 1. The van der Waals surface area contributed by atoms with Gasteiger partial charge in [0.1, 0.15) is 0 Å². The summed E-state index contributed by atoms with van der Waals surface area (Å²) in [5.74, 6) is -4.62. The summed E-state index contributed by atoms with van der Waals surface area (Å²) in [5, 5.41) is 8.00. The number of nitrogens with zero attached hydrogens (tertiary/aromatic N) is 1. The van der Waals surface area contributed by atoms with Gasteiger partial charge in [0.2, 0.25) is 5.91 Å². The fraction of sp³-hybridized carbons (Fsp3) is 0.294. The quantitative estimate of drug-likeness (QED) is 0.240. The number of hydrogen-bond acceptors (Lipinski definition) is 3. The predicted octanol–water partition coefficient (Wildman–Crippen LogP) is 3.65. The van der Waals surface area contributed by atoms with E-state index in [4.69, 9.17) is 0 Å². The van der Waals surface area contributed by atoms with Gasteiger partial charge < -0.3 is 16.0 Å². The maximum atomic E-state index is 13.5. The number of amides is 1. The molecule has 1 aromatic carbocycles. The summed E-state index contributed by atoms with van der Waals surface area (Å²) >= 11 is 1.68. The van der Waals surface area contributed by atoms with Crippen LogP contribution in [0.15, 0.2) is 29.3 Å². The van der Waals surface area contributed by atoms with Crippen molar-refractivity contribution in [3.8, 4) is 0 Å². The van der Waals surface area contributed by atoms with Crippen molar-refractivity contribution in [1.82, 2.24) is 10.6 Å². The molecule has 0 radical (unpaired) electrons. The van der Waals surface area contributed by atoms with Crippen LogP contribution in [0.4, 0.5) is 18.9 Å². The molecule has 0 aliphatic carbocycles. The Morgan fingerprint density at radius 2 is 1.78 bits per heavy atom. The molecular weight excluding hydrogens is 492 g/mol. The fourth-order valence-corrected chi connectivity index (χ4v) is 2.98. The zero-order valence-electron chi connectivity index (χ0n) is 14.7. The highest BCUT2D eigenvalue weighted by Crippen LogP contribution is 2.19. The number of nitrogens with one attached hydrogen (secondary N) is 3. The van der Waals surface area contributed by atoms with E-state index >= 15 is 0 Å². The number of anilines is 1. The number of rotatable bonds is 6. The van der Waals surface area contributed by atoms with Crippen LogP contribution in [-0.4, -0.2) is 25.5 Å². The van der Waals surface area contributed by atoms with Crippen molar-refractivity contribution in [1.29, 1.82) is 0 Å². The second kappa shape index (κ2) is 11.1. The number of aliphatic imine (C=N–C) groups is 1. The smallest absolute Gasteiger partial charge is 0.243 e. The van der Waals surface area contributed by atoms with Gasteiger partial charge in [-0.1, -0.05) is 6.92 Å². The van der Waals surface area contributed by atoms with E-state index in [1.165, 1.54) is 4.88 Å². The van der Waals surface area contributed by atoms with Crippen LogP contribution in [0.3, 0.4) is 0 Å². The number of hydrogen-bond donors (Lipinski definition) is 3. The Kier molecular flexibility index (Phi) is 9.56. The highest BCUT2D eigenvalue weighted by molar-refractivity contribution is 14.0. The summed E-state index contributed by atoms with van der Waals surface area (Å²) in [4.78, 5) is 18.2. The van der Waals surface area contributed by atoms with Crippen molar-refractivity contribution in [3.05, 3.63) is 51.5 Å². The molecule has 10 heteroatoms. The van der Waals surface area contributed by atoms with Gasteiger partial charge in [-0.15, -0.1) is 35.3 Å². The molecule has 0 fully saturated rings. The van der Waals surface area contributed by atoms with Gasteiger partial charge in [0.25, 0.3) is 0 Å². The molecule has 1 amide bonds. The van der Waals surface area contributed by atoms with Gasteiger partial charge in [-0.2, -0.15) is 0 Å². The second-order valence-electron chi connectivity index (χ2n) is 5.27. The third kappa shape index (κ3) is 6.69. The third-order valence-corrected chi connectivity index (χ3v) is 4.67. The standard InChI is InChI=1S/C17H19F3N4OS.HI/c1-3-10-4-5-11(26-10)8-22-17(21-2)23-9-14(25)24-13-7-6-12(18)15(19)16(13)20;/h4-7H,3,8-9H2,1-2H3,(H,24,25)(H2,21,22,23);1H. The molecule has 1 heterocycles. The first-order chi connectivity index (χ1) is 12.4. The van der Waals surface area contributed by atoms with E-state index in [1.54, 1.807) is 18.4 Å². The van der Waals surface area contributed by atoms with E-state index in [-0.39, 0.29) is 30.5 Å². The summed E-state index contributed by atoms with van der Waals surface area (Å²) in [6.07, 6.45) is 0.971. The van der Waals surface area contributed by atoms with Crippen LogP contribution < -0.4 is 16.0 Å². The molecule has 0 spiro atoms. The summed E-state index contributed by atoms with van der Waals surface area (Å²) in [5.41, 5.74) is -0.427. The normalized spacial score (nSPS) is 10.9. The van der Waals surface area contributed by atoms with Crippen LogP contribution >= 0.6 is 35.3 Å². The molecule has 0 saturated carbocycles. The van der Waals surface area contributed by atoms with Crippen molar-refractivity contribution in [2.24, 2.45) is 4.99 Å². The summed E-state index contributed by atoms with van der Waals surface area (Å²) in [6, 6.07) is 5.78. The summed E-state index contributed by atoms with van der Waals surface area (Å²) in [7, 11) is 1.55. The van der Waals surface area contributed by atoms with Gasteiger partial charge in [-0.25, -0.2) is 13.2 Å². The number of thiophene rings is 1. The average Bonchev–Trinajstić information content (AvgIpc) is 3.10. The lowest BCUT2D eigenvalue weighted by Gasteiger charge is -2.12. The van der Waals surface area contributed by atoms with E-state index < -0.39 is 29.0 Å². The van der Waals surface area contributed by atoms with Crippen molar-refractivity contribution < 1.29 is 18.0 Å². The van der Waals surface area contributed by atoms with E-state index in [0.29, 0.717) is 12.5 Å². The van der Waals surface area contributed by atoms with Crippen LogP contribution in [0, 0.1) is 17.5 Å². The van der Waals surface area contributed by atoms with Crippen LogP contribution in [0.1, 0.15) is 16.7 Å². The van der Waals surface area contributed by atoms with Gasteiger partial charge >= 0.3 is 0 Å². The summed E-state index contributed by atoms with van der Waals surface area (Å²) < 4.78 is 39.6.